The molecule has 0 atom stereocenters. The van der Waals surface area contributed by atoms with Crippen molar-refractivity contribution >= 4 is 49.7 Å². The Kier molecular flexibility index (Phi) is 7.11. The van der Waals surface area contributed by atoms with Crippen LogP contribution in [0.15, 0.2) is 182 Å². The molecule has 0 unspecified atom stereocenters. The van der Waals surface area contributed by atoms with Gasteiger partial charge >= 0.3 is 0 Å². The third-order valence-corrected chi connectivity index (χ3v) is 11.2. The van der Waals surface area contributed by atoms with Crippen LogP contribution < -0.4 is 0 Å². The quantitative estimate of drug-likeness (QED) is 0.158. The van der Waals surface area contributed by atoms with Gasteiger partial charge < -0.3 is 9.13 Å². The number of allylic oxidation sites excluding steroid dienone is 3. The van der Waals surface area contributed by atoms with Crippen molar-refractivity contribution in [2.24, 2.45) is 0 Å². The summed E-state index contributed by atoms with van der Waals surface area (Å²) in [6.45, 7) is 2.05. The summed E-state index contributed by atoms with van der Waals surface area (Å²) >= 11 is 0. The molecule has 0 aliphatic heterocycles. The Morgan fingerprint density at radius 3 is 1.91 bits per heavy atom. The van der Waals surface area contributed by atoms with E-state index in [9.17, 15) is 0 Å². The smallest absolute Gasteiger partial charge is 0.140 e. The van der Waals surface area contributed by atoms with Crippen molar-refractivity contribution < 1.29 is 0 Å². The molecule has 0 spiro atoms. The fraction of sp³-hybridized carbons (Fsp3) is 0.0392. The van der Waals surface area contributed by atoms with Crippen molar-refractivity contribution in [1.82, 2.24) is 18.7 Å². The Morgan fingerprint density at radius 1 is 0.545 bits per heavy atom. The number of hydrogen-bond donors (Lipinski definition) is 0. The van der Waals surface area contributed by atoms with Gasteiger partial charge in [0, 0.05) is 56.7 Å². The molecule has 4 nitrogen and oxygen atoms in total. The lowest BCUT2D eigenvalue weighted by atomic mass is 10.0. The molecule has 1 aliphatic rings. The molecule has 0 N–H and O–H groups in total. The van der Waals surface area contributed by atoms with Gasteiger partial charge in [0.05, 0.1) is 22.1 Å². The standard InChI is InChI=1S/C51H36N4/c1-2-3-6-20-36-33-53(46-30-35-19-11-12-23-39(35)49(36)46)47-31-37(34-17-7-4-8-18-34)32-48(52-47)55-45-27-16-14-25-41(45)43-29-28-42-40-24-13-15-26-44(40)54(50(42)51(43)55)38-21-9-5-10-22-38/h2-29,31-33H,30H2,1H3/b3-2-,20-6-. The van der Waals surface area contributed by atoms with Crippen LogP contribution in [0.25, 0.3) is 89.3 Å². The Bertz CT molecular complexity index is 3170. The van der Waals surface area contributed by atoms with Gasteiger partial charge in [-0.2, -0.15) is 0 Å². The molecule has 260 valence electrons. The summed E-state index contributed by atoms with van der Waals surface area (Å²) < 4.78 is 7.18. The summed E-state index contributed by atoms with van der Waals surface area (Å²) in [4.78, 5) is 5.66. The van der Waals surface area contributed by atoms with Crippen LogP contribution in [0.5, 0.6) is 0 Å². The molecular formula is C51H36N4. The van der Waals surface area contributed by atoms with Crippen LogP contribution in [-0.2, 0) is 6.42 Å². The van der Waals surface area contributed by atoms with Crippen LogP contribution in [0.4, 0.5) is 0 Å². The summed E-state index contributed by atoms with van der Waals surface area (Å²) in [5, 5.41) is 4.85. The maximum atomic E-state index is 5.66. The minimum atomic E-state index is 0.850. The zero-order chi connectivity index (χ0) is 36.5. The van der Waals surface area contributed by atoms with Crippen molar-refractivity contribution in [3.05, 3.63) is 199 Å². The van der Waals surface area contributed by atoms with Crippen molar-refractivity contribution in [2.75, 3.05) is 0 Å². The summed E-state index contributed by atoms with van der Waals surface area (Å²) in [6.07, 6.45) is 11.6. The molecule has 0 saturated heterocycles. The van der Waals surface area contributed by atoms with Gasteiger partial charge in [-0.25, -0.2) is 4.98 Å². The zero-order valence-corrected chi connectivity index (χ0v) is 30.4. The van der Waals surface area contributed by atoms with E-state index in [1.807, 2.05) is 0 Å². The van der Waals surface area contributed by atoms with Gasteiger partial charge in [0.25, 0.3) is 0 Å². The number of fused-ring (bicyclic) bond motifs is 10. The summed E-state index contributed by atoms with van der Waals surface area (Å²) in [7, 11) is 0. The SMILES string of the molecule is C/C=C\C=C/c1cn(-c2cc(-c3ccccc3)cc(-n3c4ccccc4c4ccc5c6ccccc6n(-c6ccccc6)c5c43)n2)c2c1-c1ccccc1C2. The molecular weight excluding hydrogens is 669 g/mol. The molecule has 0 radical (unpaired) electrons. The van der Waals surface area contributed by atoms with Gasteiger partial charge in [-0.05, 0) is 65.6 Å². The molecule has 1 aliphatic carbocycles. The number of hydrogen-bond acceptors (Lipinski definition) is 1. The maximum Gasteiger partial charge on any atom is 0.140 e. The van der Waals surface area contributed by atoms with E-state index in [1.165, 1.54) is 60.5 Å². The van der Waals surface area contributed by atoms with E-state index in [0.29, 0.717) is 0 Å². The van der Waals surface area contributed by atoms with Crippen molar-refractivity contribution in [3.8, 4) is 39.6 Å². The molecule has 10 aromatic rings. The lowest BCUT2D eigenvalue weighted by Crippen LogP contribution is -2.06. The number of benzene rings is 6. The predicted molar refractivity (Wildman–Crippen MR) is 230 cm³/mol. The lowest BCUT2D eigenvalue weighted by Gasteiger charge is -2.16. The van der Waals surface area contributed by atoms with Gasteiger partial charge in [-0.15, -0.1) is 0 Å². The fourth-order valence-corrected chi connectivity index (χ4v) is 8.87. The Balaban J connectivity index is 1.26. The average Bonchev–Trinajstić information content (AvgIpc) is 3.99. The van der Waals surface area contributed by atoms with Gasteiger partial charge in [0.15, 0.2) is 0 Å². The summed E-state index contributed by atoms with van der Waals surface area (Å²) in [5.41, 5.74) is 14.4. The molecule has 0 bridgehead atoms. The molecule has 4 heteroatoms. The van der Waals surface area contributed by atoms with Crippen LogP contribution in [0, 0.1) is 0 Å². The molecule has 11 rings (SSSR count). The average molecular weight is 705 g/mol. The van der Waals surface area contributed by atoms with Crippen LogP contribution in [0.3, 0.4) is 0 Å². The number of para-hydroxylation sites is 3. The molecule has 6 aromatic carbocycles. The third-order valence-electron chi connectivity index (χ3n) is 11.2. The van der Waals surface area contributed by atoms with Gasteiger partial charge in [-0.1, -0.05) is 146 Å². The van der Waals surface area contributed by atoms with Gasteiger partial charge in [0.2, 0.25) is 0 Å². The third kappa shape index (κ3) is 4.81. The minimum absolute atomic E-state index is 0.850. The first-order chi connectivity index (χ1) is 27.3. The lowest BCUT2D eigenvalue weighted by molar-refractivity contribution is 0.919. The van der Waals surface area contributed by atoms with E-state index in [2.05, 4.69) is 209 Å². The predicted octanol–water partition coefficient (Wildman–Crippen LogP) is 12.9. The Morgan fingerprint density at radius 2 is 1.16 bits per heavy atom. The first kappa shape index (κ1) is 31.4. The van der Waals surface area contributed by atoms with Crippen molar-refractivity contribution in [2.45, 2.75) is 13.3 Å². The normalized spacial score (nSPS) is 12.6. The van der Waals surface area contributed by atoms with Gasteiger partial charge in [-0.3, -0.25) is 4.57 Å². The highest BCUT2D eigenvalue weighted by Gasteiger charge is 2.27. The van der Waals surface area contributed by atoms with E-state index < -0.39 is 0 Å². The first-order valence-corrected chi connectivity index (χ1v) is 19.0. The molecule has 4 heterocycles. The fourth-order valence-electron chi connectivity index (χ4n) is 8.87. The zero-order valence-electron chi connectivity index (χ0n) is 30.4. The number of aromatic nitrogens is 4. The molecule has 0 saturated carbocycles. The van der Waals surface area contributed by atoms with E-state index in [0.717, 1.165) is 45.9 Å². The molecule has 0 amide bonds. The summed E-state index contributed by atoms with van der Waals surface area (Å²) in [6, 6.07) is 56.9. The highest BCUT2D eigenvalue weighted by atomic mass is 15.1. The van der Waals surface area contributed by atoms with Crippen LogP contribution in [0.1, 0.15) is 23.7 Å². The molecule has 4 aromatic heterocycles. The monoisotopic (exact) mass is 704 g/mol. The van der Waals surface area contributed by atoms with E-state index in [1.54, 1.807) is 0 Å². The van der Waals surface area contributed by atoms with E-state index in [-0.39, 0.29) is 0 Å². The van der Waals surface area contributed by atoms with Crippen LogP contribution >= 0.6 is 0 Å². The second-order valence-corrected chi connectivity index (χ2v) is 14.3. The highest BCUT2D eigenvalue weighted by Crippen LogP contribution is 2.44. The number of rotatable bonds is 6. The molecule has 55 heavy (non-hydrogen) atoms. The van der Waals surface area contributed by atoms with Crippen LogP contribution in [0.2, 0.25) is 0 Å². The van der Waals surface area contributed by atoms with E-state index in [4.69, 9.17) is 4.98 Å². The van der Waals surface area contributed by atoms with E-state index >= 15 is 0 Å². The Labute approximate surface area is 319 Å². The second kappa shape index (κ2) is 12.5. The number of pyridine rings is 1. The maximum absolute atomic E-state index is 5.66. The summed E-state index contributed by atoms with van der Waals surface area (Å²) in [5.74, 6) is 1.77. The first-order valence-electron chi connectivity index (χ1n) is 19.0. The minimum Gasteiger partial charge on any atom is -0.307 e. The second-order valence-electron chi connectivity index (χ2n) is 14.3. The number of nitrogens with zero attached hydrogens (tertiary/aromatic N) is 4. The topological polar surface area (TPSA) is 27.7 Å². The molecule has 0 fully saturated rings. The Hall–Kier alpha value is -7.17. The largest absolute Gasteiger partial charge is 0.307 e. The van der Waals surface area contributed by atoms with Crippen LogP contribution in [-0.4, -0.2) is 18.7 Å². The van der Waals surface area contributed by atoms with Gasteiger partial charge in [0.1, 0.15) is 11.6 Å². The van der Waals surface area contributed by atoms with Crippen molar-refractivity contribution in [1.29, 1.82) is 0 Å². The van der Waals surface area contributed by atoms with Crippen molar-refractivity contribution in [3.63, 3.8) is 0 Å². The highest BCUT2D eigenvalue weighted by molar-refractivity contribution is 6.23.